The highest BCUT2D eigenvalue weighted by atomic mass is 35.5. The van der Waals surface area contributed by atoms with Crippen LogP contribution in [0.4, 0.5) is 5.82 Å². The molecular weight excluding hydrogens is 358 g/mol. The molecule has 134 valence electrons. The van der Waals surface area contributed by atoms with E-state index in [1.807, 2.05) is 12.1 Å². The number of halogens is 1. The number of piperazine rings is 1. The maximum atomic E-state index is 13.0. The van der Waals surface area contributed by atoms with E-state index >= 15 is 0 Å². The molecule has 0 radical (unpaired) electrons. The number of hydrogen-bond donors (Lipinski definition) is 1. The normalized spacial score (nSPS) is 14.8. The van der Waals surface area contributed by atoms with Crippen molar-refractivity contribution < 1.29 is 9.21 Å². The zero-order chi connectivity index (χ0) is 18.3. The number of nitrogens with zero attached hydrogens (tertiary/aromatic N) is 4. The van der Waals surface area contributed by atoms with Crippen LogP contribution in [0.1, 0.15) is 16.1 Å². The van der Waals surface area contributed by atoms with Crippen LogP contribution in [0.2, 0.25) is 5.15 Å². The molecule has 0 atom stereocenters. The minimum absolute atomic E-state index is 0.177. The monoisotopic (exact) mass is 373 g/mol. The van der Waals surface area contributed by atoms with E-state index in [0.717, 1.165) is 5.82 Å². The van der Waals surface area contributed by atoms with Crippen molar-refractivity contribution in [1.29, 1.82) is 0 Å². The van der Waals surface area contributed by atoms with Crippen molar-refractivity contribution in [1.82, 2.24) is 19.9 Å². The second-order valence-corrected chi connectivity index (χ2v) is 6.43. The van der Waals surface area contributed by atoms with Crippen molar-refractivity contribution in [2.45, 2.75) is 6.92 Å². The van der Waals surface area contributed by atoms with Crippen LogP contribution in [0.3, 0.4) is 0 Å². The van der Waals surface area contributed by atoms with Gasteiger partial charge in [-0.2, -0.15) is 0 Å². The smallest absolute Gasteiger partial charge is 0.262 e. The van der Waals surface area contributed by atoms with Gasteiger partial charge in [0, 0.05) is 26.2 Å². The third kappa shape index (κ3) is 2.82. The van der Waals surface area contributed by atoms with E-state index in [1.54, 1.807) is 17.9 Å². The van der Waals surface area contributed by atoms with E-state index in [2.05, 4.69) is 19.9 Å². The number of amides is 1. The third-order valence-electron chi connectivity index (χ3n) is 4.48. The molecule has 8 nitrogen and oxygen atoms in total. The molecule has 1 fully saturated rings. The molecule has 9 heteroatoms. The number of nitrogens with one attached hydrogen (secondary N) is 1. The largest absolute Gasteiger partial charge is 0.442 e. The standard InChI is InChI=1S/C17H16ClN5O3/c1-10-13(14-15(24)19-9-20-16(14)26-10)17(25)23-7-5-22(6-8-23)12-4-2-3-11(18)21-12/h2-4,9H,5-8H2,1H3,(H,19,20,24). The highest BCUT2D eigenvalue weighted by molar-refractivity contribution is 6.29. The van der Waals surface area contributed by atoms with Gasteiger partial charge in [-0.05, 0) is 19.1 Å². The van der Waals surface area contributed by atoms with E-state index in [0.29, 0.717) is 37.1 Å². The minimum atomic E-state index is -0.378. The van der Waals surface area contributed by atoms with E-state index in [9.17, 15) is 9.59 Å². The number of anilines is 1. The van der Waals surface area contributed by atoms with Crippen molar-refractivity contribution in [3.8, 4) is 0 Å². The van der Waals surface area contributed by atoms with Crippen molar-refractivity contribution in [3.63, 3.8) is 0 Å². The highest BCUT2D eigenvalue weighted by Crippen LogP contribution is 2.23. The number of pyridine rings is 1. The summed E-state index contributed by atoms with van der Waals surface area (Å²) in [7, 11) is 0. The number of aryl methyl sites for hydroxylation is 1. The predicted molar refractivity (Wildman–Crippen MR) is 96.7 cm³/mol. The van der Waals surface area contributed by atoms with Gasteiger partial charge < -0.3 is 19.2 Å². The Bertz CT molecular complexity index is 1040. The average Bonchev–Trinajstić information content (AvgIpc) is 2.98. The average molecular weight is 374 g/mol. The lowest BCUT2D eigenvalue weighted by Crippen LogP contribution is -2.49. The highest BCUT2D eigenvalue weighted by Gasteiger charge is 2.28. The van der Waals surface area contributed by atoms with Crippen LogP contribution < -0.4 is 10.5 Å². The first-order valence-corrected chi connectivity index (χ1v) is 8.56. The number of rotatable bonds is 2. The summed E-state index contributed by atoms with van der Waals surface area (Å²) in [4.78, 5) is 39.7. The Hall–Kier alpha value is -2.87. The second kappa shape index (κ2) is 6.45. The zero-order valence-corrected chi connectivity index (χ0v) is 14.8. The van der Waals surface area contributed by atoms with Crippen molar-refractivity contribution in [2.75, 3.05) is 31.1 Å². The molecule has 0 unspecified atom stereocenters. The van der Waals surface area contributed by atoms with Crippen LogP contribution in [-0.4, -0.2) is 51.9 Å². The van der Waals surface area contributed by atoms with Crippen LogP contribution in [0.5, 0.6) is 0 Å². The lowest BCUT2D eigenvalue weighted by atomic mass is 10.1. The number of aromatic amines is 1. The molecule has 0 aliphatic carbocycles. The molecule has 3 aromatic heterocycles. The Morgan fingerprint density at radius 2 is 2.04 bits per heavy atom. The molecule has 1 aliphatic rings. The van der Waals surface area contributed by atoms with Gasteiger partial charge in [0.15, 0.2) is 0 Å². The van der Waals surface area contributed by atoms with E-state index in [-0.39, 0.29) is 28.1 Å². The number of fused-ring (bicyclic) bond motifs is 1. The molecule has 4 heterocycles. The molecule has 1 amide bonds. The first kappa shape index (κ1) is 16.6. The molecule has 4 rings (SSSR count). The van der Waals surface area contributed by atoms with Crippen LogP contribution in [0, 0.1) is 6.92 Å². The van der Waals surface area contributed by atoms with Crippen LogP contribution in [0.25, 0.3) is 11.1 Å². The first-order valence-electron chi connectivity index (χ1n) is 8.18. The van der Waals surface area contributed by atoms with Gasteiger partial charge in [-0.15, -0.1) is 0 Å². The Morgan fingerprint density at radius 1 is 1.27 bits per heavy atom. The summed E-state index contributed by atoms with van der Waals surface area (Å²) in [5, 5.41) is 0.641. The maximum Gasteiger partial charge on any atom is 0.262 e. The summed E-state index contributed by atoms with van der Waals surface area (Å²) >= 11 is 5.95. The second-order valence-electron chi connectivity index (χ2n) is 6.04. The number of hydrogen-bond acceptors (Lipinski definition) is 6. The molecule has 0 bridgehead atoms. The zero-order valence-electron chi connectivity index (χ0n) is 14.0. The maximum absolute atomic E-state index is 13.0. The van der Waals surface area contributed by atoms with Crippen LogP contribution in [-0.2, 0) is 0 Å². The SMILES string of the molecule is Cc1oc2nc[nH]c(=O)c2c1C(=O)N1CCN(c2cccc(Cl)n2)CC1. The van der Waals surface area contributed by atoms with Gasteiger partial charge in [-0.25, -0.2) is 9.97 Å². The lowest BCUT2D eigenvalue weighted by Gasteiger charge is -2.35. The fourth-order valence-electron chi connectivity index (χ4n) is 3.18. The van der Waals surface area contributed by atoms with Gasteiger partial charge >= 0.3 is 0 Å². The molecule has 1 saturated heterocycles. The molecule has 0 saturated carbocycles. The summed E-state index contributed by atoms with van der Waals surface area (Å²) in [5.41, 5.74) is 0.0806. The van der Waals surface area contributed by atoms with Crippen molar-refractivity contribution >= 4 is 34.4 Å². The molecular formula is C17H16ClN5O3. The number of carbonyl (C=O) groups is 1. The van der Waals surface area contributed by atoms with E-state index < -0.39 is 0 Å². The third-order valence-corrected chi connectivity index (χ3v) is 4.69. The van der Waals surface area contributed by atoms with E-state index in [4.69, 9.17) is 16.0 Å². The molecule has 1 aliphatic heterocycles. The summed E-state index contributed by atoms with van der Waals surface area (Å²) < 4.78 is 5.48. The molecule has 26 heavy (non-hydrogen) atoms. The Labute approximate surface area is 153 Å². The summed E-state index contributed by atoms with van der Waals surface area (Å²) in [5.74, 6) is 0.960. The van der Waals surface area contributed by atoms with Gasteiger partial charge in [0.1, 0.15) is 22.1 Å². The van der Waals surface area contributed by atoms with Crippen molar-refractivity contribution in [3.05, 3.63) is 51.4 Å². The Morgan fingerprint density at radius 3 is 2.77 bits per heavy atom. The van der Waals surface area contributed by atoms with Crippen molar-refractivity contribution in [2.24, 2.45) is 0 Å². The Kier molecular flexibility index (Phi) is 4.12. The number of H-pyrrole nitrogens is 1. The molecule has 3 aromatic rings. The topological polar surface area (TPSA) is 95.3 Å². The number of aromatic nitrogens is 3. The first-order chi connectivity index (χ1) is 12.5. The van der Waals surface area contributed by atoms with Gasteiger partial charge in [0.05, 0.1) is 11.9 Å². The summed E-state index contributed by atoms with van der Waals surface area (Å²) in [6.07, 6.45) is 1.26. The lowest BCUT2D eigenvalue weighted by molar-refractivity contribution is 0.0746. The van der Waals surface area contributed by atoms with E-state index in [1.165, 1.54) is 6.33 Å². The minimum Gasteiger partial charge on any atom is -0.442 e. The predicted octanol–water partition coefficient (Wildman–Crippen LogP) is 1.84. The van der Waals surface area contributed by atoms with Gasteiger partial charge in [-0.1, -0.05) is 17.7 Å². The van der Waals surface area contributed by atoms with Crippen LogP contribution >= 0.6 is 11.6 Å². The molecule has 1 N–H and O–H groups in total. The quantitative estimate of drug-likeness (QED) is 0.688. The van der Waals surface area contributed by atoms with Gasteiger partial charge in [0.2, 0.25) is 5.71 Å². The number of furan rings is 1. The Balaban J connectivity index is 1.56. The van der Waals surface area contributed by atoms with Crippen LogP contribution in [0.15, 0.2) is 33.7 Å². The summed E-state index contributed by atoms with van der Waals surface area (Å²) in [6.45, 7) is 3.94. The fraction of sp³-hybridized carbons (Fsp3) is 0.294. The molecule has 0 spiro atoms. The van der Waals surface area contributed by atoms with Gasteiger partial charge in [0.25, 0.3) is 11.5 Å². The fourth-order valence-corrected chi connectivity index (χ4v) is 3.34. The summed E-state index contributed by atoms with van der Waals surface area (Å²) in [6, 6.07) is 5.47. The molecule has 0 aromatic carbocycles. The number of carbonyl (C=O) groups excluding carboxylic acids is 1. The van der Waals surface area contributed by atoms with Gasteiger partial charge in [-0.3, -0.25) is 9.59 Å².